The van der Waals surface area contributed by atoms with E-state index >= 15 is 0 Å². The highest BCUT2D eigenvalue weighted by atomic mass is 16.5. The molecule has 5 nitrogen and oxygen atoms in total. The molecular formula is C13H20N2O3. The van der Waals surface area contributed by atoms with E-state index in [9.17, 15) is 4.79 Å². The largest absolute Gasteiger partial charge is 0.478 e. The van der Waals surface area contributed by atoms with E-state index in [1.54, 1.807) is 12.1 Å². The molecule has 0 saturated heterocycles. The average Bonchev–Trinajstić information content (AvgIpc) is 2.26. The summed E-state index contributed by atoms with van der Waals surface area (Å²) in [6, 6.07) is 4.81. The predicted octanol–water partition coefficient (Wildman–Crippen LogP) is 2.19. The number of nitrogen functional groups attached to an aromatic ring is 1. The van der Waals surface area contributed by atoms with E-state index < -0.39 is 5.97 Å². The first kappa shape index (κ1) is 14.3. The van der Waals surface area contributed by atoms with Gasteiger partial charge in [-0.15, -0.1) is 0 Å². The van der Waals surface area contributed by atoms with E-state index in [1.165, 1.54) is 6.07 Å². The van der Waals surface area contributed by atoms with Crippen LogP contribution in [0.1, 0.15) is 31.1 Å². The molecule has 0 atom stereocenters. The van der Waals surface area contributed by atoms with Gasteiger partial charge in [-0.1, -0.05) is 0 Å². The van der Waals surface area contributed by atoms with Crippen LogP contribution in [-0.2, 0) is 4.74 Å². The Morgan fingerprint density at radius 1 is 1.50 bits per heavy atom. The molecule has 0 aromatic heterocycles. The average molecular weight is 252 g/mol. The van der Waals surface area contributed by atoms with E-state index in [2.05, 4.69) is 5.32 Å². The van der Waals surface area contributed by atoms with Crippen molar-refractivity contribution in [3.8, 4) is 0 Å². The van der Waals surface area contributed by atoms with Crippen molar-refractivity contribution in [2.45, 2.75) is 26.4 Å². The van der Waals surface area contributed by atoms with Gasteiger partial charge in [0.05, 0.1) is 11.2 Å². The lowest BCUT2D eigenvalue weighted by molar-refractivity contribution is 0.000691. The number of aromatic carboxylic acids is 1. The zero-order chi connectivity index (χ0) is 13.8. The Hall–Kier alpha value is -1.75. The third-order valence-corrected chi connectivity index (χ3v) is 2.54. The molecule has 0 amide bonds. The monoisotopic (exact) mass is 252 g/mol. The second kappa shape index (κ2) is 5.73. The van der Waals surface area contributed by atoms with Gasteiger partial charge in [0.25, 0.3) is 0 Å². The SMILES string of the molecule is CCOC(C)(C)CNc1ccc(C(=O)O)c(N)c1. The van der Waals surface area contributed by atoms with E-state index in [0.29, 0.717) is 13.2 Å². The smallest absolute Gasteiger partial charge is 0.337 e. The molecule has 0 bridgehead atoms. The second-order valence-corrected chi connectivity index (χ2v) is 4.65. The number of anilines is 2. The van der Waals surface area contributed by atoms with Crippen molar-refractivity contribution < 1.29 is 14.6 Å². The van der Waals surface area contributed by atoms with Gasteiger partial charge in [-0.05, 0) is 39.0 Å². The topological polar surface area (TPSA) is 84.6 Å². The molecule has 0 aliphatic heterocycles. The molecule has 0 aliphatic carbocycles. The van der Waals surface area contributed by atoms with E-state index in [4.69, 9.17) is 15.6 Å². The van der Waals surface area contributed by atoms with Gasteiger partial charge < -0.3 is 20.9 Å². The highest BCUT2D eigenvalue weighted by Crippen LogP contribution is 2.19. The first-order chi connectivity index (χ1) is 8.35. The lowest BCUT2D eigenvalue weighted by Crippen LogP contribution is -2.33. The van der Waals surface area contributed by atoms with Crippen LogP contribution in [0, 0.1) is 0 Å². The highest BCUT2D eigenvalue weighted by Gasteiger charge is 2.17. The van der Waals surface area contributed by atoms with Crippen LogP contribution in [0.5, 0.6) is 0 Å². The van der Waals surface area contributed by atoms with Gasteiger partial charge in [0.2, 0.25) is 0 Å². The number of nitrogens with one attached hydrogen (secondary N) is 1. The highest BCUT2D eigenvalue weighted by molar-refractivity contribution is 5.94. The molecule has 1 aromatic carbocycles. The van der Waals surface area contributed by atoms with E-state index in [0.717, 1.165) is 5.69 Å². The summed E-state index contributed by atoms with van der Waals surface area (Å²) in [4.78, 5) is 10.8. The van der Waals surface area contributed by atoms with Crippen LogP contribution in [-0.4, -0.2) is 29.8 Å². The van der Waals surface area contributed by atoms with Gasteiger partial charge in [-0.25, -0.2) is 4.79 Å². The van der Waals surface area contributed by atoms with Gasteiger partial charge in [0, 0.05) is 24.5 Å². The Morgan fingerprint density at radius 3 is 2.67 bits per heavy atom. The molecule has 0 unspecified atom stereocenters. The fraction of sp³-hybridized carbons (Fsp3) is 0.462. The van der Waals surface area contributed by atoms with Crippen molar-refractivity contribution >= 4 is 17.3 Å². The summed E-state index contributed by atoms with van der Waals surface area (Å²) in [5.74, 6) is -1.02. The number of rotatable bonds is 6. The Morgan fingerprint density at radius 2 is 2.17 bits per heavy atom. The van der Waals surface area contributed by atoms with Crippen LogP contribution < -0.4 is 11.1 Å². The molecule has 4 N–H and O–H groups in total. The van der Waals surface area contributed by atoms with E-state index in [-0.39, 0.29) is 16.9 Å². The van der Waals surface area contributed by atoms with Gasteiger partial charge >= 0.3 is 5.97 Å². The Bertz CT molecular complexity index is 430. The minimum absolute atomic E-state index is 0.115. The summed E-state index contributed by atoms with van der Waals surface area (Å²) in [5.41, 5.74) is 6.54. The maximum absolute atomic E-state index is 10.8. The van der Waals surface area contributed by atoms with Crippen LogP contribution in [0.25, 0.3) is 0 Å². The number of hydrogen-bond acceptors (Lipinski definition) is 4. The zero-order valence-electron chi connectivity index (χ0n) is 11.0. The van der Waals surface area contributed by atoms with Gasteiger partial charge in [0.15, 0.2) is 0 Å². The van der Waals surface area contributed by atoms with Crippen molar-refractivity contribution in [2.75, 3.05) is 24.2 Å². The Labute approximate surface area is 107 Å². The zero-order valence-corrected chi connectivity index (χ0v) is 11.0. The van der Waals surface area contributed by atoms with Crippen molar-refractivity contribution in [1.82, 2.24) is 0 Å². The van der Waals surface area contributed by atoms with Crippen molar-refractivity contribution in [1.29, 1.82) is 0 Å². The van der Waals surface area contributed by atoms with Gasteiger partial charge in [-0.3, -0.25) is 0 Å². The van der Waals surface area contributed by atoms with Crippen LogP contribution in [0.3, 0.4) is 0 Å². The minimum atomic E-state index is -1.02. The summed E-state index contributed by atoms with van der Waals surface area (Å²) >= 11 is 0. The lowest BCUT2D eigenvalue weighted by atomic mass is 10.1. The minimum Gasteiger partial charge on any atom is -0.478 e. The van der Waals surface area contributed by atoms with Crippen molar-refractivity contribution in [2.24, 2.45) is 0 Å². The molecule has 18 heavy (non-hydrogen) atoms. The number of hydrogen-bond donors (Lipinski definition) is 3. The molecule has 0 spiro atoms. The van der Waals surface area contributed by atoms with Crippen molar-refractivity contribution in [3.63, 3.8) is 0 Å². The number of carbonyl (C=O) groups is 1. The number of carboxylic acid groups (broad SMARTS) is 1. The molecule has 0 aliphatic rings. The lowest BCUT2D eigenvalue weighted by Gasteiger charge is -2.25. The standard InChI is InChI=1S/C13H20N2O3/c1-4-18-13(2,3)8-15-9-5-6-10(12(16)17)11(14)7-9/h5-7,15H,4,8,14H2,1-3H3,(H,16,17). The fourth-order valence-corrected chi connectivity index (χ4v) is 1.62. The molecule has 1 rings (SSSR count). The first-order valence-corrected chi connectivity index (χ1v) is 5.86. The van der Waals surface area contributed by atoms with E-state index in [1.807, 2.05) is 20.8 Å². The fourth-order valence-electron chi connectivity index (χ4n) is 1.62. The maximum Gasteiger partial charge on any atom is 0.337 e. The molecule has 5 heteroatoms. The molecule has 0 saturated carbocycles. The second-order valence-electron chi connectivity index (χ2n) is 4.65. The van der Waals surface area contributed by atoms with Crippen LogP contribution in [0.2, 0.25) is 0 Å². The summed E-state index contributed by atoms with van der Waals surface area (Å²) in [6.07, 6.45) is 0. The number of benzene rings is 1. The summed E-state index contributed by atoms with van der Waals surface area (Å²) < 4.78 is 5.56. The Kier molecular flexibility index (Phi) is 4.55. The summed E-state index contributed by atoms with van der Waals surface area (Å²) in [7, 11) is 0. The van der Waals surface area contributed by atoms with Gasteiger partial charge in [-0.2, -0.15) is 0 Å². The Balaban J connectivity index is 2.70. The molecule has 0 fully saturated rings. The van der Waals surface area contributed by atoms with Crippen LogP contribution >= 0.6 is 0 Å². The van der Waals surface area contributed by atoms with Crippen LogP contribution in [0.4, 0.5) is 11.4 Å². The molecule has 1 aromatic rings. The first-order valence-electron chi connectivity index (χ1n) is 5.86. The summed E-state index contributed by atoms with van der Waals surface area (Å²) in [5, 5.41) is 12.0. The molecule has 0 radical (unpaired) electrons. The molecule has 0 heterocycles. The summed E-state index contributed by atoms with van der Waals surface area (Å²) in [6.45, 7) is 7.18. The third kappa shape index (κ3) is 3.92. The maximum atomic E-state index is 10.8. The number of nitrogens with two attached hydrogens (primary N) is 1. The van der Waals surface area contributed by atoms with Gasteiger partial charge in [0.1, 0.15) is 0 Å². The quantitative estimate of drug-likeness (QED) is 0.676. The molecular weight excluding hydrogens is 232 g/mol. The third-order valence-electron chi connectivity index (χ3n) is 2.54. The number of ether oxygens (including phenoxy) is 1. The van der Waals surface area contributed by atoms with Crippen LogP contribution in [0.15, 0.2) is 18.2 Å². The number of carboxylic acids is 1. The predicted molar refractivity (Wildman–Crippen MR) is 72.0 cm³/mol. The van der Waals surface area contributed by atoms with Crippen molar-refractivity contribution in [3.05, 3.63) is 23.8 Å². The molecule has 100 valence electrons. The normalized spacial score (nSPS) is 11.3.